The van der Waals surface area contributed by atoms with Crippen LogP contribution in [0, 0.1) is 6.92 Å². The maximum Gasteiger partial charge on any atom is 0.178 e. The van der Waals surface area contributed by atoms with Gasteiger partial charge in [-0.05, 0) is 48.7 Å². The van der Waals surface area contributed by atoms with Gasteiger partial charge in [-0.3, -0.25) is 0 Å². The standard InChI is InChI=1S/C16H16N4/c1-10-6-14-16(18-8-10)20-15(19-14)12-3-2-11-4-5-17-9-13(11)7-12/h2-3,6-8,17H,4-5,9H2,1H3,(H,18,19,20). The Hall–Kier alpha value is -2.20. The van der Waals surface area contributed by atoms with Gasteiger partial charge in [-0.2, -0.15) is 0 Å². The normalized spacial score (nSPS) is 14.4. The van der Waals surface area contributed by atoms with E-state index in [-0.39, 0.29) is 0 Å². The van der Waals surface area contributed by atoms with E-state index in [1.54, 1.807) is 0 Å². The lowest BCUT2D eigenvalue weighted by Crippen LogP contribution is -2.23. The van der Waals surface area contributed by atoms with Crippen LogP contribution in [0.15, 0.2) is 30.5 Å². The molecule has 100 valence electrons. The lowest BCUT2D eigenvalue weighted by molar-refractivity contribution is 0.644. The van der Waals surface area contributed by atoms with Crippen LogP contribution >= 0.6 is 0 Å². The molecule has 4 heteroatoms. The summed E-state index contributed by atoms with van der Waals surface area (Å²) in [4.78, 5) is 12.3. The number of aryl methyl sites for hydroxylation is 1. The van der Waals surface area contributed by atoms with Gasteiger partial charge in [-0.25, -0.2) is 9.97 Å². The number of nitrogens with one attached hydrogen (secondary N) is 2. The smallest absolute Gasteiger partial charge is 0.178 e. The first kappa shape index (κ1) is 11.6. The summed E-state index contributed by atoms with van der Waals surface area (Å²) in [6, 6.07) is 8.68. The minimum Gasteiger partial charge on any atom is -0.337 e. The van der Waals surface area contributed by atoms with Gasteiger partial charge in [0.2, 0.25) is 0 Å². The number of H-pyrrole nitrogens is 1. The van der Waals surface area contributed by atoms with Crippen molar-refractivity contribution in [2.75, 3.05) is 6.54 Å². The highest BCUT2D eigenvalue weighted by atomic mass is 15.0. The highest BCUT2D eigenvalue weighted by molar-refractivity contribution is 5.76. The van der Waals surface area contributed by atoms with Gasteiger partial charge in [-0.1, -0.05) is 12.1 Å². The van der Waals surface area contributed by atoms with Crippen LogP contribution in [0.2, 0.25) is 0 Å². The Morgan fingerprint density at radius 1 is 1.15 bits per heavy atom. The second-order valence-electron chi connectivity index (χ2n) is 5.38. The van der Waals surface area contributed by atoms with Crippen LogP contribution in [0.3, 0.4) is 0 Å². The predicted molar refractivity (Wildman–Crippen MR) is 79.5 cm³/mol. The Labute approximate surface area is 117 Å². The van der Waals surface area contributed by atoms with Crippen LogP contribution < -0.4 is 5.32 Å². The summed E-state index contributed by atoms with van der Waals surface area (Å²) in [5.74, 6) is 0.895. The van der Waals surface area contributed by atoms with Crippen molar-refractivity contribution in [3.8, 4) is 11.4 Å². The first-order chi connectivity index (χ1) is 9.79. The first-order valence-electron chi connectivity index (χ1n) is 6.95. The fraction of sp³-hybridized carbons (Fsp3) is 0.250. The molecule has 0 radical (unpaired) electrons. The Morgan fingerprint density at radius 2 is 2.10 bits per heavy atom. The SMILES string of the molecule is Cc1cnc2nc(-c3ccc4c(c3)CNCC4)[nH]c2c1. The molecule has 3 heterocycles. The van der Waals surface area contributed by atoms with Crippen molar-refractivity contribution < 1.29 is 0 Å². The van der Waals surface area contributed by atoms with Gasteiger partial charge >= 0.3 is 0 Å². The van der Waals surface area contributed by atoms with E-state index < -0.39 is 0 Å². The molecule has 2 N–H and O–H groups in total. The molecule has 3 aromatic rings. The van der Waals surface area contributed by atoms with E-state index in [4.69, 9.17) is 0 Å². The van der Waals surface area contributed by atoms with Crippen LogP contribution in [0.4, 0.5) is 0 Å². The molecular formula is C16H16N4. The average Bonchev–Trinajstić information content (AvgIpc) is 2.89. The molecule has 0 fully saturated rings. The van der Waals surface area contributed by atoms with Crippen molar-refractivity contribution in [1.82, 2.24) is 20.3 Å². The average molecular weight is 264 g/mol. The van der Waals surface area contributed by atoms with Crippen molar-refractivity contribution in [1.29, 1.82) is 0 Å². The molecular weight excluding hydrogens is 248 g/mol. The van der Waals surface area contributed by atoms with Crippen molar-refractivity contribution in [3.05, 3.63) is 47.2 Å². The second kappa shape index (κ2) is 4.42. The molecule has 1 aliphatic heterocycles. The highest BCUT2D eigenvalue weighted by Crippen LogP contribution is 2.24. The molecule has 1 aromatic carbocycles. The third kappa shape index (κ3) is 1.89. The second-order valence-corrected chi connectivity index (χ2v) is 5.38. The molecule has 20 heavy (non-hydrogen) atoms. The number of aromatic amines is 1. The zero-order valence-electron chi connectivity index (χ0n) is 11.4. The molecule has 0 aliphatic carbocycles. The summed E-state index contributed by atoms with van der Waals surface area (Å²) in [5.41, 5.74) is 6.86. The molecule has 2 aromatic heterocycles. The largest absolute Gasteiger partial charge is 0.337 e. The molecule has 4 rings (SSSR count). The minimum atomic E-state index is 0.779. The van der Waals surface area contributed by atoms with Crippen LogP contribution in [0.25, 0.3) is 22.6 Å². The van der Waals surface area contributed by atoms with Gasteiger partial charge in [0, 0.05) is 18.3 Å². The van der Waals surface area contributed by atoms with E-state index in [2.05, 4.69) is 44.5 Å². The maximum atomic E-state index is 4.59. The van der Waals surface area contributed by atoms with Crippen molar-refractivity contribution in [2.24, 2.45) is 0 Å². The van der Waals surface area contributed by atoms with Crippen LogP contribution in [0.1, 0.15) is 16.7 Å². The fourth-order valence-electron chi connectivity index (χ4n) is 2.77. The summed E-state index contributed by atoms with van der Waals surface area (Å²) < 4.78 is 0. The number of rotatable bonds is 1. The van der Waals surface area contributed by atoms with Crippen molar-refractivity contribution >= 4 is 11.2 Å². The number of benzene rings is 1. The number of imidazole rings is 1. The zero-order valence-corrected chi connectivity index (χ0v) is 11.4. The van der Waals surface area contributed by atoms with E-state index in [0.29, 0.717) is 0 Å². The molecule has 4 nitrogen and oxygen atoms in total. The highest BCUT2D eigenvalue weighted by Gasteiger charge is 2.12. The van der Waals surface area contributed by atoms with Crippen LogP contribution in [0.5, 0.6) is 0 Å². The molecule has 0 amide bonds. The molecule has 0 atom stereocenters. The van der Waals surface area contributed by atoms with E-state index in [0.717, 1.165) is 47.6 Å². The Kier molecular flexibility index (Phi) is 2.57. The van der Waals surface area contributed by atoms with Gasteiger partial charge in [-0.15, -0.1) is 0 Å². The summed E-state index contributed by atoms with van der Waals surface area (Å²) in [7, 11) is 0. The Morgan fingerprint density at radius 3 is 3.05 bits per heavy atom. The summed E-state index contributed by atoms with van der Waals surface area (Å²) in [6.07, 6.45) is 2.96. The van der Waals surface area contributed by atoms with Gasteiger partial charge < -0.3 is 10.3 Å². The lowest BCUT2D eigenvalue weighted by Gasteiger charge is -2.17. The number of nitrogens with zero attached hydrogens (tertiary/aromatic N) is 2. The van der Waals surface area contributed by atoms with Crippen LogP contribution in [-0.2, 0) is 13.0 Å². The number of pyridine rings is 1. The summed E-state index contributed by atoms with van der Waals surface area (Å²) in [5, 5.41) is 3.41. The zero-order chi connectivity index (χ0) is 13.5. The predicted octanol–water partition coefficient (Wildman–Crippen LogP) is 2.58. The van der Waals surface area contributed by atoms with Gasteiger partial charge in [0.05, 0.1) is 5.52 Å². The quantitative estimate of drug-likeness (QED) is 0.710. The number of fused-ring (bicyclic) bond motifs is 2. The van der Waals surface area contributed by atoms with Crippen LogP contribution in [-0.4, -0.2) is 21.5 Å². The molecule has 0 saturated carbocycles. The third-order valence-corrected chi connectivity index (χ3v) is 3.84. The number of hydrogen-bond acceptors (Lipinski definition) is 3. The molecule has 1 aliphatic rings. The topological polar surface area (TPSA) is 53.6 Å². The monoisotopic (exact) mass is 264 g/mol. The fourth-order valence-corrected chi connectivity index (χ4v) is 2.77. The molecule has 0 saturated heterocycles. The van der Waals surface area contributed by atoms with Gasteiger partial charge in [0.1, 0.15) is 5.82 Å². The van der Waals surface area contributed by atoms with Gasteiger partial charge in [0.25, 0.3) is 0 Å². The molecule has 0 unspecified atom stereocenters. The summed E-state index contributed by atoms with van der Waals surface area (Å²) in [6.45, 7) is 4.05. The van der Waals surface area contributed by atoms with E-state index in [1.165, 1.54) is 11.1 Å². The van der Waals surface area contributed by atoms with E-state index >= 15 is 0 Å². The van der Waals surface area contributed by atoms with E-state index in [1.807, 2.05) is 13.1 Å². The number of hydrogen-bond donors (Lipinski definition) is 2. The van der Waals surface area contributed by atoms with Gasteiger partial charge in [0.15, 0.2) is 5.65 Å². The lowest BCUT2D eigenvalue weighted by atomic mass is 9.98. The first-order valence-corrected chi connectivity index (χ1v) is 6.95. The third-order valence-electron chi connectivity index (χ3n) is 3.84. The maximum absolute atomic E-state index is 4.59. The molecule has 0 bridgehead atoms. The Bertz CT molecular complexity index is 788. The summed E-state index contributed by atoms with van der Waals surface area (Å²) >= 11 is 0. The molecule has 0 spiro atoms. The number of aromatic nitrogens is 3. The van der Waals surface area contributed by atoms with Crippen molar-refractivity contribution in [3.63, 3.8) is 0 Å². The Balaban J connectivity index is 1.82. The van der Waals surface area contributed by atoms with E-state index in [9.17, 15) is 0 Å². The van der Waals surface area contributed by atoms with Crippen molar-refractivity contribution in [2.45, 2.75) is 19.9 Å². The minimum absolute atomic E-state index is 0.779.